The van der Waals surface area contributed by atoms with Crippen LogP contribution in [0.3, 0.4) is 0 Å². The van der Waals surface area contributed by atoms with Crippen molar-refractivity contribution in [3.8, 4) is 0 Å². The van der Waals surface area contributed by atoms with E-state index in [1.54, 1.807) is 0 Å². The summed E-state index contributed by atoms with van der Waals surface area (Å²) in [6, 6.07) is 26.6. The Morgan fingerprint density at radius 1 is 0.720 bits per heavy atom. The first-order chi connectivity index (χ1) is 23.7. The van der Waals surface area contributed by atoms with E-state index < -0.39 is 5.41 Å². The Balaban J connectivity index is 1.45. The van der Waals surface area contributed by atoms with Gasteiger partial charge in [0.05, 0.1) is 17.7 Å². The molecule has 4 heteroatoms. The highest BCUT2D eigenvalue weighted by Crippen LogP contribution is 2.47. The number of allylic oxidation sites excluding steroid dienone is 3. The zero-order chi connectivity index (χ0) is 36.5. The topological polar surface area (TPSA) is 41.9 Å². The van der Waals surface area contributed by atoms with Gasteiger partial charge >= 0.3 is 5.97 Å². The first-order valence-electron chi connectivity index (χ1n) is 18.8. The minimum atomic E-state index is -0.517. The van der Waals surface area contributed by atoms with E-state index in [1.165, 1.54) is 44.7 Å². The van der Waals surface area contributed by atoms with Crippen molar-refractivity contribution >= 4 is 28.5 Å². The number of anilines is 1. The highest BCUT2D eigenvalue weighted by molar-refractivity contribution is 6.19. The van der Waals surface area contributed by atoms with E-state index in [0.717, 1.165) is 57.5 Å². The van der Waals surface area contributed by atoms with Crippen molar-refractivity contribution in [1.82, 2.24) is 0 Å². The molecule has 0 N–H and O–H groups in total. The number of hydrogen-bond acceptors (Lipinski definition) is 4. The molecule has 0 saturated heterocycles. The van der Waals surface area contributed by atoms with Crippen molar-refractivity contribution in [1.29, 1.82) is 0 Å². The number of rotatable bonds is 14. The second-order valence-corrected chi connectivity index (χ2v) is 16.4. The Bertz CT molecular complexity index is 1660. The van der Waals surface area contributed by atoms with Gasteiger partial charge in [-0.3, -0.25) is 9.79 Å². The summed E-state index contributed by atoms with van der Waals surface area (Å²) in [6.07, 6.45) is 9.22. The summed E-state index contributed by atoms with van der Waals surface area (Å²) in [7, 11) is 0. The molecule has 3 aromatic rings. The third kappa shape index (κ3) is 9.65. The molecule has 3 aromatic carbocycles. The molecule has 4 nitrogen and oxygen atoms in total. The molecule has 50 heavy (non-hydrogen) atoms. The Kier molecular flexibility index (Phi) is 13.1. The van der Waals surface area contributed by atoms with Gasteiger partial charge < -0.3 is 9.64 Å². The first-order valence-corrected chi connectivity index (χ1v) is 18.8. The van der Waals surface area contributed by atoms with Gasteiger partial charge in [0.1, 0.15) is 0 Å². The van der Waals surface area contributed by atoms with E-state index in [-0.39, 0.29) is 16.8 Å². The van der Waals surface area contributed by atoms with Gasteiger partial charge in [0, 0.05) is 30.9 Å². The zero-order valence-corrected chi connectivity index (χ0v) is 32.7. The van der Waals surface area contributed by atoms with Crippen LogP contribution in [0.1, 0.15) is 122 Å². The van der Waals surface area contributed by atoms with Gasteiger partial charge in [-0.25, -0.2) is 0 Å². The molecule has 1 aliphatic carbocycles. The molecule has 1 unspecified atom stereocenters. The minimum absolute atomic E-state index is 0.0509. The molecule has 0 saturated carbocycles. The Hall–Kier alpha value is -3.92. The maximum Gasteiger partial charge on any atom is 0.312 e. The molecular formula is C46H62N2O2. The second kappa shape index (κ2) is 16.9. The summed E-state index contributed by atoms with van der Waals surface area (Å²) in [5.41, 5.74) is 10.2. The van der Waals surface area contributed by atoms with Gasteiger partial charge in [0.25, 0.3) is 0 Å². The van der Waals surface area contributed by atoms with Crippen molar-refractivity contribution in [3.05, 3.63) is 113 Å². The number of unbranched alkanes of at least 4 members (excludes halogenated alkanes) is 3. The largest absolute Gasteiger partial charge is 0.465 e. The van der Waals surface area contributed by atoms with Crippen LogP contribution >= 0.6 is 0 Å². The van der Waals surface area contributed by atoms with Gasteiger partial charge in [-0.1, -0.05) is 120 Å². The lowest BCUT2D eigenvalue weighted by atomic mass is 9.61. The summed E-state index contributed by atoms with van der Waals surface area (Å²) in [4.78, 5) is 20.7. The SMILES string of the molecule is CCN(CC)c1ccc(C(=C2C=CC(=NCCCCCCOC(=O)C(C)(CC(C)(C)C)C(C)(C)C)c3ccccc32)c2ccc(C)cc2)cc1. The lowest BCUT2D eigenvalue weighted by Gasteiger charge is -2.43. The Morgan fingerprint density at radius 2 is 1.30 bits per heavy atom. The Morgan fingerprint density at radius 3 is 1.88 bits per heavy atom. The van der Waals surface area contributed by atoms with E-state index in [4.69, 9.17) is 9.73 Å². The summed E-state index contributed by atoms with van der Waals surface area (Å²) in [5.74, 6) is -0.0651. The van der Waals surface area contributed by atoms with E-state index in [9.17, 15) is 4.79 Å². The normalized spacial score (nSPS) is 16.2. The van der Waals surface area contributed by atoms with Gasteiger partial charge in [0.2, 0.25) is 0 Å². The Labute approximate surface area is 303 Å². The fourth-order valence-electron chi connectivity index (χ4n) is 7.06. The quantitative estimate of drug-likeness (QED) is 0.126. The highest BCUT2D eigenvalue weighted by Gasteiger charge is 2.47. The van der Waals surface area contributed by atoms with Gasteiger partial charge in [-0.2, -0.15) is 0 Å². The molecule has 0 bridgehead atoms. The van der Waals surface area contributed by atoms with Crippen molar-refractivity contribution in [2.45, 2.75) is 101 Å². The van der Waals surface area contributed by atoms with E-state index >= 15 is 0 Å². The van der Waals surface area contributed by atoms with Crippen LogP contribution in [0.5, 0.6) is 0 Å². The molecule has 0 radical (unpaired) electrons. The number of hydrogen-bond donors (Lipinski definition) is 0. The second-order valence-electron chi connectivity index (χ2n) is 16.4. The maximum absolute atomic E-state index is 13.2. The molecule has 0 heterocycles. The third-order valence-electron chi connectivity index (χ3n) is 10.4. The van der Waals surface area contributed by atoms with E-state index in [2.05, 4.69) is 159 Å². The van der Waals surface area contributed by atoms with Crippen LogP contribution in [-0.4, -0.2) is 37.9 Å². The highest BCUT2D eigenvalue weighted by atomic mass is 16.5. The summed E-state index contributed by atoms with van der Waals surface area (Å²) in [5, 5.41) is 0. The maximum atomic E-state index is 13.2. The molecule has 4 rings (SSSR count). The number of carbonyl (C=O) groups is 1. The van der Waals surface area contributed by atoms with Crippen LogP contribution in [-0.2, 0) is 9.53 Å². The number of carbonyl (C=O) groups excluding carboxylic acids is 1. The van der Waals surface area contributed by atoms with Crippen molar-refractivity contribution < 1.29 is 9.53 Å². The van der Waals surface area contributed by atoms with Crippen LogP contribution in [0.2, 0.25) is 0 Å². The number of aliphatic imine (C=N–C) groups is 1. The predicted molar refractivity (Wildman–Crippen MR) is 215 cm³/mol. The molecule has 1 atom stereocenters. The van der Waals surface area contributed by atoms with E-state index in [1.807, 2.05) is 0 Å². The summed E-state index contributed by atoms with van der Waals surface area (Å²) >= 11 is 0. The zero-order valence-electron chi connectivity index (χ0n) is 32.7. The minimum Gasteiger partial charge on any atom is -0.465 e. The molecule has 1 aliphatic rings. The monoisotopic (exact) mass is 674 g/mol. The van der Waals surface area contributed by atoms with Gasteiger partial charge in [-0.05, 0) is 110 Å². The van der Waals surface area contributed by atoms with E-state index in [0.29, 0.717) is 6.61 Å². The van der Waals surface area contributed by atoms with Gasteiger partial charge in [0.15, 0.2) is 0 Å². The third-order valence-corrected chi connectivity index (χ3v) is 10.4. The average molecular weight is 675 g/mol. The fraction of sp³-hybridized carbons (Fsp3) is 0.478. The number of nitrogens with zero attached hydrogens (tertiary/aromatic N) is 2. The van der Waals surface area contributed by atoms with Crippen molar-refractivity contribution in [3.63, 3.8) is 0 Å². The molecular weight excluding hydrogens is 613 g/mol. The molecule has 0 aliphatic heterocycles. The lowest BCUT2D eigenvalue weighted by Crippen LogP contribution is -2.44. The van der Waals surface area contributed by atoms with Crippen molar-refractivity contribution in [2.75, 3.05) is 31.1 Å². The molecule has 0 aromatic heterocycles. The predicted octanol–water partition coefficient (Wildman–Crippen LogP) is 11.8. The summed E-state index contributed by atoms with van der Waals surface area (Å²) in [6.45, 7) is 24.9. The molecule has 0 spiro atoms. The number of ether oxygens (including phenoxy) is 1. The van der Waals surface area contributed by atoms with Gasteiger partial charge in [-0.15, -0.1) is 0 Å². The molecule has 268 valence electrons. The summed E-state index contributed by atoms with van der Waals surface area (Å²) < 4.78 is 5.86. The standard InChI is InChI=1S/C46H62N2O2/c1-11-48(12-2)37-27-25-36(26-28-37)42(35-23-21-34(3)22-24-35)40-29-30-41(39-20-16-15-19-38(39)40)47-31-17-13-14-18-32-50-43(49)46(10,45(7,8)9)33-44(4,5)6/h15-16,19-30H,11-14,17-18,31-33H2,1-10H3. The first kappa shape index (κ1) is 38.9. The smallest absolute Gasteiger partial charge is 0.312 e. The van der Waals surface area contributed by atoms with Crippen LogP contribution in [0.25, 0.3) is 11.1 Å². The number of fused-ring (bicyclic) bond motifs is 1. The number of esters is 1. The van der Waals surface area contributed by atoms with Crippen LogP contribution < -0.4 is 4.90 Å². The number of aryl methyl sites for hydroxylation is 1. The van der Waals surface area contributed by atoms with Crippen molar-refractivity contribution in [2.24, 2.45) is 21.2 Å². The lowest BCUT2D eigenvalue weighted by molar-refractivity contribution is -0.164. The average Bonchev–Trinajstić information content (AvgIpc) is 3.07. The number of benzene rings is 3. The molecule has 0 fully saturated rings. The fourth-order valence-corrected chi connectivity index (χ4v) is 7.06. The molecule has 0 amide bonds. The van der Waals surface area contributed by atoms with Crippen LogP contribution in [0, 0.1) is 23.2 Å². The van der Waals surface area contributed by atoms with Crippen LogP contribution in [0.4, 0.5) is 5.69 Å². The van der Waals surface area contributed by atoms with Crippen LogP contribution in [0.15, 0.2) is 89.9 Å².